The van der Waals surface area contributed by atoms with Crippen molar-refractivity contribution in [1.82, 2.24) is 15.1 Å². The maximum absolute atomic E-state index is 6.41. The topological polar surface area (TPSA) is 81.1 Å². The minimum Gasteiger partial charge on any atom is -0.337 e. The molecular weight excluding hydrogens is 286 g/mol. The second kappa shape index (κ2) is 5.06. The summed E-state index contributed by atoms with van der Waals surface area (Å²) in [5, 5.41) is 7.20. The van der Waals surface area contributed by atoms with Crippen molar-refractivity contribution in [3.8, 4) is 0 Å². The van der Waals surface area contributed by atoms with Crippen LogP contribution in [-0.2, 0) is 5.54 Å². The average Bonchev–Trinajstić information content (AvgIpc) is 3.25. The summed E-state index contributed by atoms with van der Waals surface area (Å²) in [6.07, 6.45) is 8.18. The Bertz CT molecular complexity index is 605. The largest absolute Gasteiger partial charge is 0.337 e. The Balaban J connectivity index is 1.60. The molecule has 6 nitrogen and oxygen atoms in total. The highest BCUT2D eigenvalue weighted by molar-refractivity contribution is 7.13. The van der Waals surface area contributed by atoms with Gasteiger partial charge in [-0.2, -0.15) is 4.98 Å². The number of hydrogen-bond donors (Lipinski definition) is 1. The van der Waals surface area contributed by atoms with Gasteiger partial charge in [0.2, 0.25) is 5.89 Å². The molecule has 2 aliphatic rings. The number of nitrogens with zero attached hydrogens (tertiary/aromatic N) is 4. The van der Waals surface area contributed by atoms with Gasteiger partial charge in [0, 0.05) is 18.1 Å². The summed E-state index contributed by atoms with van der Waals surface area (Å²) in [5.41, 5.74) is 6.03. The van der Waals surface area contributed by atoms with Crippen molar-refractivity contribution in [3.05, 3.63) is 23.3 Å². The molecule has 1 unspecified atom stereocenters. The predicted octanol–water partition coefficient (Wildman–Crippen LogP) is 2.60. The minimum absolute atomic E-state index is 0.141. The van der Waals surface area contributed by atoms with Gasteiger partial charge in [0.25, 0.3) is 0 Å². The standard InChI is InChI=1S/C14H19N5OS/c15-14(5-1-2-6-14)12-17-11(20-18-12)10-4-3-8-19(10)13-16-7-9-21-13/h7,9-10H,1-6,8,15H2. The number of anilines is 1. The summed E-state index contributed by atoms with van der Waals surface area (Å²) in [7, 11) is 0. The molecule has 2 N–H and O–H groups in total. The summed E-state index contributed by atoms with van der Waals surface area (Å²) in [6, 6.07) is 0.141. The normalized spacial score (nSPS) is 24.8. The molecule has 1 saturated carbocycles. The predicted molar refractivity (Wildman–Crippen MR) is 80.1 cm³/mol. The molecule has 0 aromatic carbocycles. The van der Waals surface area contributed by atoms with E-state index in [1.807, 2.05) is 11.6 Å². The van der Waals surface area contributed by atoms with Crippen molar-refractivity contribution in [2.75, 3.05) is 11.4 Å². The fourth-order valence-corrected chi connectivity index (χ4v) is 4.13. The van der Waals surface area contributed by atoms with Crippen LogP contribution in [0.25, 0.3) is 0 Å². The third kappa shape index (κ3) is 2.24. The van der Waals surface area contributed by atoms with Gasteiger partial charge in [0.05, 0.1) is 5.54 Å². The number of thiazole rings is 1. The Kier molecular flexibility index (Phi) is 3.19. The van der Waals surface area contributed by atoms with Crippen molar-refractivity contribution >= 4 is 16.5 Å². The third-order valence-electron chi connectivity index (χ3n) is 4.59. The van der Waals surface area contributed by atoms with Crippen LogP contribution in [-0.4, -0.2) is 21.7 Å². The lowest BCUT2D eigenvalue weighted by atomic mass is 9.98. The van der Waals surface area contributed by atoms with Gasteiger partial charge in [-0.15, -0.1) is 11.3 Å². The third-order valence-corrected chi connectivity index (χ3v) is 5.39. The van der Waals surface area contributed by atoms with Crippen LogP contribution >= 0.6 is 11.3 Å². The Morgan fingerprint density at radius 3 is 2.95 bits per heavy atom. The second-order valence-electron chi connectivity index (χ2n) is 5.99. The first-order chi connectivity index (χ1) is 10.3. The lowest BCUT2D eigenvalue weighted by molar-refractivity contribution is 0.334. The van der Waals surface area contributed by atoms with Crippen molar-refractivity contribution in [3.63, 3.8) is 0 Å². The van der Waals surface area contributed by atoms with E-state index in [1.54, 1.807) is 11.3 Å². The highest BCUT2D eigenvalue weighted by Crippen LogP contribution is 2.39. The quantitative estimate of drug-likeness (QED) is 0.938. The van der Waals surface area contributed by atoms with Gasteiger partial charge in [-0.05, 0) is 25.7 Å². The van der Waals surface area contributed by atoms with Crippen LogP contribution in [0.15, 0.2) is 16.1 Å². The molecule has 1 aliphatic heterocycles. The van der Waals surface area contributed by atoms with Gasteiger partial charge in [-0.3, -0.25) is 0 Å². The van der Waals surface area contributed by atoms with Gasteiger partial charge in [-0.25, -0.2) is 4.98 Å². The van der Waals surface area contributed by atoms with E-state index in [-0.39, 0.29) is 11.6 Å². The molecule has 7 heteroatoms. The molecule has 3 heterocycles. The summed E-state index contributed by atoms with van der Waals surface area (Å²) in [4.78, 5) is 11.3. The second-order valence-corrected chi connectivity index (χ2v) is 6.86. The smallest absolute Gasteiger partial charge is 0.249 e. The highest BCUT2D eigenvalue weighted by Gasteiger charge is 2.38. The van der Waals surface area contributed by atoms with Crippen molar-refractivity contribution < 1.29 is 4.52 Å². The molecule has 21 heavy (non-hydrogen) atoms. The average molecular weight is 305 g/mol. The van der Waals surface area contributed by atoms with Crippen LogP contribution in [0.1, 0.15) is 56.3 Å². The Morgan fingerprint density at radius 1 is 1.33 bits per heavy atom. The molecule has 4 rings (SSSR count). The summed E-state index contributed by atoms with van der Waals surface area (Å²) in [5.74, 6) is 1.37. The van der Waals surface area contributed by atoms with Crippen LogP contribution in [0.4, 0.5) is 5.13 Å². The van der Waals surface area contributed by atoms with Gasteiger partial charge in [0.15, 0.2) is 11.0 Å². The molecule has 2 aromatic heterocycles. The SMILES string of the molecule is NC1(c2noc(C3CCCN3c3nccs3)n2)CCCC1. The maximum atomic E-state index is 6.41. The van der Waals surface area contributed by atoms with Crippen molar-refractivity contribution in [2.24, 2.45) is 5.73 Å². The van der Waals surface area contributed by atoms with Crippen molar-refractivity contribution in [2.45, 2.75) is 50.1 Å². The number of rotatable bonds is 3. The van der Waals surface area contributed by atoms with E-state index in [1.165, 1.54) is 0 Å². The molecule has 0 amide bonds. The van der Waals surface area contributed by atoms with Crippen LogP contribution in [0.3, 0.4) is 0 Å². The van der Waals surface area contributed by atoms with E-state index in [0.717, 1.165) is 50.2 Å². The molecule has 1 atom stereocenters. The van der Waals surface area contributed by atoms with Crippen LogP contribution in [0.5, 0.6) is 0 Å². The Morgan fingerprint density at radius 2 is 2.19 bits per heavy atom. The Hall–Kier alpha value is -1.47. The van der Waals surface area contributed by atoms with E-state index < -0.39 is 0 Å². The van der Waals surface area contributed by atoms with E-state index >= 15 is 0 Å². The lowest BCUT2D eigenvalue weighted by Gasteiger charge is -2.21. The minimum atomic E-state index is -0.383. The molecule has 2 fully saturated rings. The highest BCUT2D eigenvalue weighted by atomic mass is 32.1. The van der Waals surface area contributed by atoms with E-state index in [2.05, 4.69) is 20.0 Å². The fourth-order valence-electron chi connectivity index (χ4n) is 3.41. The zero-order chi connectivity index (χ0) is 14.3. The lowest BCUT2D eigenvalue weighted by Crippen LogP contribution is -2.34. The monoisotopic (exact) mass is 305 g/mol. The zero-order valence-electron chi connectivity index (χ0n) is 11.9. The van der Waals surface area contributed by atoms with Gasteiger partial charge in [-0.1, -0.05) is 18.0 Å². The van der Waals surface area contributed by atoms with Gasteiger partial charge in [0.1, 0.15) is 6.04 Å². The molecule has 0 spiro atoms. The fraction of sp³-hybridized carbons (Fsp3) is 0.643. The van der Waals surface area contributed by atoms with Crippen LogP contribution < -0.4 is 10.6 Å². The number of hydrogen-bond acceptors (Lipinski definition) is 7. The summed E-state index contributed by atoms with van der Waals surface area (Å²) >= 11 is 1.65. The molecule has 1 saturated heterocycles. The summed E-state index contributed by atoms with van der Waals surface area (Å²) < 4.78 is 5.55. The first-order valence-electron chi connectivity index (χ1n) is 7.55. The zero-order valence-corrected chi connectivity index (χ0v) is 12.7. The Labute approximate surface area is 127 Å². The van der Waals surface area contributed by atoms with Crippen LogP contribution in [0.2, 0.25) is 0 Å². The first-order valence-corrected chi connectivity index (χ1v) is 8.43. The van der Waals surface area contributed by atoms with E-state index in [9.17, 15) is 0 Å². The first kappa shape index (κ1) is 13.2. The van der Waals surface area contributed by atoms with Gasteiger partial charge < -0.3 is 15.2 Å². The molecular formula is C14H19N5OS. The van der Waals surface area contributed by atoms with Gasteiger partial charge >= 0.3 is 0 Å². The van der Waals surface area contributed by atoms with Crippen molar-refractivity contribution in [1.29, 1.82) is 0 Å². The molecule has 0 radical (unpaired) electrons. The molecule has 0 bridgehead atoms. The molecule has 2 aromatic rings. The van der Waals surface area contributed by atoms with E-state index in [4.69, 9.17) is 10.3 Å². The molecule has 1 aliphatic carbocycles. The number of aromatic nitrogens is 3. The molecule has 112 valence electrons. The van der Waals surface area contributed by atoms with Crippen LogP contribution in [0, 0.1) is 0 Å². The maximum Gasteiger partial charge on any atom is 0.249 e. The summed E-state index contributed by atoms with van der Waals surface area (Å²) in [6.45, 7) is 0.990. The van der Waals surface area contributed by atoms with E-state index in [0.29, 0.717) is 11.7 Å². The number of nitrogens with two attached hydrogens (primary N) is 1.